The number of amides is 1. The fourth-order valence-corrected chi connectivity index (χ4v) is 2.98. The van der Waals surface area contributed by atoms with Crippen LogP contribution in [0.4, 0.5) is 0 Å². The third-order valence-corrected chi connectivity index (χ3v) is 4.20. The molecule has 0 aromatic carbocycles. The lowest BCUT2D eigenvalue weighted by molar-refractivity contribution is -0.121. The van der Waals surface area contributed by atoms with Crippen molar-refractivity contribution in [3.05, 3.63) is 35.4 Å². The molecule has 2 aromatic heterocycles. The maximum Gasteiger partial charge on any atom is 0.220 e. The first-order chi connectivity index (χ1) is 10.8. The fourth-order valence-electron chi connectivity index (χ4n) is 2.98. The van der Waals surface area contributed by atoms with Crippen LogP contribution >= 0.6 is 0 Å². The molecular formula is C16H23N5O. The summed E-state index contributed by atoms with van der Waals surface area (Å²) in [7, 11) is 0. The molecule has 1 amide bonds. The molecule has 1 aliphatic carbocycles. The van der Waals surface area contributed by atoms with Gasteiger partial charge in [0.25, 0.3) is 0 Å². The van der Waals surface area contributed by atoms with Gasteiger partial charge in [-0.15, -0.1) is 0 Å². The van der Waals surface area contributed by atoms with E-state index < -0.39 is 0 Å². The van der Waals surface area contributed by atoms with Crippen LogP contribution in [0.3, 0.4) is 0 Å². The first kappa shape index (κ1) is 14.8. The number of fused-ring (bicyclic) bond motifs is 1. The maximum atomic E-state index is 11.9. The molecule has 2 heterocycles. The Morgan fingerprint density at radius 3 is 3.09 bits per heavy atom. The molecule has 0 fully saturated rings. The molecule has 0 saturated carbocycles. The molecule has 22 heavy (non-hydrogen) atoms. The summed E-state index contributed by atoms with van der Waals surface area (Å²) in [5, 5.41) is 14.6. The van der Waals surface area contributed by atoms with E-state index in [1.807, 2.05) is 16.9 Å². The summed E-state index contributed by atoms with van der Waals surface area (Å²) < 4.78 is 1.85. The van der Waals surface area contributed by atoms with Crippen molar-refractivity contribution in [3.8, 4) is 0 Å². The van der Waals surface area contributed by atoms with Gasteiger partial charge in [0, 0.05) is 31.1 Å². The van der Waals surface area contributed by atoms with Crippen LogP contribution in [0.1, 0.15) is 49.1 Å². The third kappa shape index (κ3) is 3.75. The first-order valence-corrected chi connectivity index (χ1v) is 8.12. The summed E-state index contributed by atoms with van der Waals surface area (Å²) in [5.74, 6) is 0.0810. The highest BCUT2D eigenvalue weighted by atomic mass is 16.1. The zero-order valence-corrected chi connectivity index (χ0v) is 12.8. The quantitative estimate of drug-likeness (QED) is 0.801. The van der Waals surface area contributed by atoms with E-state index >= 15 is 0 Å². The number of carbonyl (C=O) groups excluding carboxylic acids is 1. The van der Waals surface area contributed by atoms with E-state index in [2.05, 4.69) is 20.6 Å². The minimum atomic E-state index is 0.0810. The van der Waals surface area contributed by atoms with Gasteiger partial charge in [-0.3, -0.25) is 14.6 Å². The van der Waals surface area contributed by atoms with Gasteiger partial charge in [-0.05, 0) is 43.7 Å². The predicted octanol–water partition coefficient (Wildman–Crippen LogP) is 1.97. The van der Waals surface area contributed by atoms with Crippen LogP contribution in [0.5, 0.6) is 0 Å². The standard InChI is InChI=1S/C16H23N5O/c22-16(8-4-10-21-11-5-9-18-21)17-12-15-13-6-2-1-3-7-14(13)19-20-15/h5,9,11H,1-4,6-8,10,12H2,(H,17,22)(H,19,20). The van der Waals surface area contributed by atoms with Crippen molar-refractivity contribution in [2.75, 3.05) is 0 Å². The minimum Gasteiger partial charge on any atom is -0.350 e. The summed E-state index contributed by atoms with van der Waals surface area (Å²) in [6, 6.07) is 1.89. The van der Waals surface area contributed by atoms with Crippen molar-refractivity contribution >= 4 is 5.91 Å². The largest absolute Gasteiger partial charge is 0.350 e. The van der Waals surface area contributed by atoms with Gasteiger partial charge >= 0.3 is 0 Å². The average molecular weight is 301 g/mol. The molecule has 0 spiro atoms. The molecule has 118 valence electrons. The highest BCUT2D eigenvalue weighted by Gasteiger charge is 2.15. The van der Waals surface area contributed by atoms with Crippen LogP contribution in [0.25, 0.3) is 0 Å². The average Bonchev–Trinajstić information content (AvgIpc) is 3.10. The van der Waals surface area contributed by atoms with Crippen LogP contribution < -0.4 is 5.32 Å². The van der Waals surface area contributed by atoms with E-state index in [1.165, 1.54) is 30.5 Å². The molecule has 3 rings (SSSR count). The number of aryl methyl sites for hydroxylation is 2. The molecule has 0 aliphatic heterocycles. The smallest absolute Gasteiger partial charge is 0.220 e. The second kappa shape index (κ2) is 7.24. The van der Waals surface area contributed by atoms with Crippen LogP contribution in [0, 0.1) is 0 Å². The topological polar surface area (TPSA) is 75.6 Å². The number of hydrogen-bond donors (Lipinski definition) is 2. The summed E-state index contributed by atoms with van der Waals surface area (Å²) in [6.45, 7) is 1.31. The summed E-state index contributed by atoms with van der Waals surface area (Å²) >= 11 is 0. The summed E-state index contributed by atoms with van der Waals surface area (Å²) in [6.07, 6.45) is 10.9. The second-order valence-electron chi connectivity index (χ2n) is 5.84. The van der Waals surface area contributed by atoms with E-state index in [1.54, 1.807) is 6.20 Å². The molecule has 6 nitrogen and oxygen atoms in total. The van der Waals surface area contributed by atoms with Gasteiger partial charge in [0.15, 0.2) is 0 Å². The van der Waals surface area contributed by atoms with E-state index in [9.17, 15) is 4.79 Å². The Hall–Kier alpha value is -2.11. The maximum absolute atomic E-state index is 11.9. The lowest BCUT2D eigenvalue weighted by Crippen LogP contribution is -2.23. The highest BCUT2D eigenvalue weighted by molar-refractivity contribution is 5.75. The Bertz CT molecular complexity index is 602. The lowest BCUT2D eigenvalue weighted by Gasteiger charge is -2.06. The number of hydrogen-bond acceptors (Lipinski definition) is 3. The van der Waals surface area contributed by atoms with Gasteiger partial charge in [-0.25, -0.2) is 0 Å². The Labute approximate surface area is 130 Å². The predicted molar refractivity (Wildman–Crippen MR) is 83.2 cm³/mol. The van der Waals surface area contributed by atoms with Gasteiger partial charge in [-0.2, -0.15) is 10.2 Å². The highest BCUT2D eigenvalue weighted by Crippen LogP contribution is 2.21. The van der Waals surface area contributed by atoms with Crippen LogP contribution in [0.15, 0.2) is 18.5 Å². The molecule has 0 atom stereocenters. The number of aromatic amines is 1. The minimum absolute atomic E-state index is 0.0810. The zero-order valence-electron chi connectivity index (χ0n) is 12.8. The van der Waals surface area contributed by atoms with Gasteiger partial charge in [0.2, 0.25) is 5.91 Å². The number of nitrogens with one attached hydrogen (secondary N) is 2. The van der Waals surface area contributed by atoms with Crippen molar-refractivity contribution in [2.45, 2.75) is 58.0 Å². The first-order valence-electron chi connectivity index (χ1n) is 8.12. The molecular weight excluding hydrogens is 278 g/mol. The molecule has 1 aliphatic rings. The molecule has 2 N–H and O–H groups in total. The SMILES string of the molecule is O=C(CCCn1cccn1)NCc1n[nH]c2c1CCCCC2. The molecule has 2 aromatic rings. The van der Waals surface area contributed by atoms with Crippen LogP contribution in [0.2, 0.25) is 0 Å². The van der Waals surface area contributed by atoms with E-state index in [4.69, 9.17) is 0 Å². The lowest BCUT2D eigenvalue weighted by atomic mass is 10.1. The third-order valence-electron chi connectivity index (χ3n) is 4.20. The van der Waals surface area contributed by atoms with Crippen molar-refractivity contribution in [1.82, 2.24) is 25.3 Å². The van der Waals surface area contributed by atoms with Crippen molar-refractivity contribution in [1.29, 1.82) is 0 Å². The van der Waals surface area contributed by atoms with Crippen molar-refractivity contribution < 1.29 is 4.79 Å². The Morgan fingerprint density at radius 2 is 2.23 bits per heavy atom. The molecule has 0 unspecified atom stereocenters. The number of nitrogens with zero attached hydrogens (tertiary/aromatic N) is 3. The molecule has 0 radical (unpaired) electrons. The molecule has 0 saturated heterocycles. The van der Waals surface area contributed by atoms with Gasteiger partial charge in [-0.1, -0.05) is 6.42 Å². The zero-order chi connectivity index (χ0) is 15.2. The summed E-state index contributed by atoms with van der Waals surface area (Å²) in [5.41, 5.74) is 3.60. The fraction of sp³-hybridized carbons (Fsp3) is 0.562. The molecule has 0 bridgehead atoms. The van der Waals surface area contributed by atoms with Gasteiger partial charge in [0.05, 0.1) is 12.2 Å². The van der Waals surface area contributed by atoms with Crippen LogP contribution in [-0.2, 0) is 30.7 Å². The number of aromatic nitrogens is 4. The van der Waals surface area contributed by atoms with Crippen molar-refractivity contribution in [2.24, 2.45) is 0 Å². The second-order valence-corrected chi connectivity index (χ2v) is 5.84. The number of carbonyl (C=O) groups is 1. The van der Waals surface area contributed by atoms with Crippen molar-refractivity contribution in [3.63, 3.8) is 0 Å². The number of rotatable bonds is 6. The Morgan fingerprint density at radius 1 is 1.32 bits per heavy atom. The summed E-state index contributed by atoms with van der Waals surface area (Å²) in [4.78, 5) is 11.9. The number of H-pyrrole nitrogens is 1. The normalized spacial score (nSPS) is 14.4. The van der Waals surface area contributed by atoms with E-state index in [0.29, 0.717) is 13.0 Å². The van der Waals surface area contributed by atoms with Crippen LogP contribution in [-0.4, -0.2) is 25.9 Å². The van der Waals surface area contributed by atoms with E-state index in [-0.39, 0.29) is 5.91 Å². The Balaban J connectivity index is 1.44. The monoisotopic (exact) mass is 301 g/mol. The van der Waals surface area contributed by atoms with Gasteiger partial charge in [0.1, 0.15) is 0 Å². The van der Waals surface area contributed by atoms with Gasteiger partial charge < -0.3 is 5.32 Å². The van der Waals surface area contributed by atoms with E-state index in [0.717, 1.165) is 31.5 Å². The molecule has 6 heteroatoms. The Kier molecular flexibility index (Phi) is 4.88.